The molecule has 2 N–H and O–H groups in total. The monoisotopic (exact) mass is 168 g/mol. The molecule has 0 saturated carbocycles. The minimum absolute atomic E-state index is 0.135. The van der Waals surface area contributed by atoms with Gasteiger partial charge in [-0.2, -0.15) is 0 Å². The van der Waals surface area contributed by atoms with Gasteiger partial charge in [0.25, 0.3) is 0 Å². The van der Waals surface area contributed by atoms with E-state index in [2.05, 4.69) is 9.97 Å². The summed E-state index contributed by atoms with van der Waals surface area (Å²) in [5, 5.41) is 8.56. The lowest BCUT2D eigenvalue weighted by molar-refractivity contribution is -0.125. The molecule has 4 nitrogen and oxygen atoms in total. The number of hydrogen-bond acceptors (Lipinski definition) is 3. The van der Waals surface area contributed by atoms with Crippen molar-refractivity contribution < 1.29 is 9.90 Å². The van der Waals surface area contributed by atoms with Crippen LogP contribution in [-0.2, 0) is 11.2 Å². The summed E-state index contributed by atoms with van der Waals surface area (Å²) in [6, 6.07) is 0. The first-order valence-corrected chi connectivity index (χ1v) is 3.85. The molecule has 0 aliphatic heterocycles. The molecule has 0 fully saturated rings. The van der Waals surface area contributed by atoms with E-state index in [-0.39, 0.29) is 18.3 Å². The van der Waals surface area contributed by atoms with Crippen LogP contribution in [0, 0.1) is 5.92 Å². The standard InChI is InChI=1S/C8H12N2O2/c1-6(8(12)4-11)2-7-3-9-5-10-7/h3,5-6,11H,2,4H2,1H3,(H,9,10). The topological polar surface area (TPSA) is 66.0 Å². The molecule has 0 aromatic carbocycles. The molecule has 1 heterocycles. The van der Waals surface area contributed by atoms with E-state index in [1.165, 1.54) is 0 Å². The van der Waals surface area contributed by atoms with Crippen molar-refractivity contribution in [3.8, 4) is 0 Å². The van der Waals surface area contributed by atoms with Gasteiger partial charge in [-0.25, -0.2) is 4.98 Å². The van der Waals surface area contributed by atoms with Crippen molar-refractivity contribution in [3.05, 3.63) is 18.2 Å². The molecule has 0 saturated heterocycles. The second-order valence-corrected chi connectivity index (χ2v) is 2.81. The van der Waals surface area contributed by atoms with Gasteiger partial charge in [0.1, 0.15) is 6.61 Å². The molecule has 1 atom stereocenters. The number of ketones is 1. The molecule has 1 unspecified atom stereocenters. The first-order valence-electron chi connectivity index (χ1n) is 3.85. The van der Waals surface area contributed by atoms with Crippen molar-refractivity contribution in [2.45, 2.75) is 13.3 Å². The van der Waals surface area contributed by atoms with E-state index in [0.29, 0.717) is 6.42 Å². The van der Waals surface area contributed by atoms with Gasteiger partial charge in [-0.05, 0) is 6.42 Å². The number of imidazole rings is 1. The molecule has 0 amide bonds. The number of carbonyl (C=O) groups excluding carboxylic acids is 1. The van der Waals surface area contributed by atoms with Crippen LogP contribution in [0.3, 0.4) is 0 Å². The third kappa shape index (κ3) is 2.17. The van der Waals surface area contributed by atoms with Gasteiger partial charge in [-0.3, -0.25) is 4.79 Å². The zero-order valence-corrected chi connectivity index (χ0v) is 6.95. The zero-order chi connectivity index (χ0) is 8.97. The summed E-state index contributed by atoms with van der Waals surface area (Å²) < 4.78 is 0. The Labute approximate surface area is 70.6 Å². The molecular weight excluding hydrogens is 156 g/mol. The smallest absolute Gasteiger partial charge is 0.161 e. The third-order valence-electron chi connectivity index (χ3n) is 1.79. The Kier molecular flexibility index (Phi) is 2.99. The SMILES string of the molecule is CC(Cc1cnc[nH]1)C(=O)CO. The predicted molar refractivity (Wildman–Crippen MR) is 43.5 cm³/mol. The number of aliphatic hydroxyl groups excluding tert-OH is 1. The Morgan fingerprint density at radius 1 is 1.83 bits per heavy atom. The quantitative estimate of drug-likeness (QED) is 0.672. The summed E-state index contributed by atoms with van der Waals surface area (Å²) in [5.74, 6) is -0.278. The number of carbonyl (C=O) groups is 1. The Balaban J connectivity index is 2.47. The minimum atomic E-state index is -0.380. The van der Waals surface area contributed by atoms with Crippen LogP contribution in [0.5, 0.6) is 0 Å². The lowest BCUT2D eigenvalue weighted by Gasteiger charge is -2.05. The highest BCUT2D eigenvalue weighted by atomic mass is 16.3. The number of H-pyrrole nitrogens is 1. The van der Waals surface area contributed by atoms with Crippen LogP contribution in [0.25, 0.3) is 0 Å². The van der Waals surface area contributed by atoms with Gasteiger partial charge in [-0.1, -0.05) is 6.92 Å². The van der Waals surface area contributed by atoms with E-state index in [1.807, 2.05) is 0 Å². The summed E-state index contributed by atoms with van der Waals surface area (Å²) in [7, 11) is 0. The first-order chi connectivity index (χ1) is 5.74. The lowest BCUT2D eigenvalue weighted by Crippen LogP contribution is -2.17. The van der Waals surface area contributed by atoms with Crippen LogP contribution in [0.4, 0.5) is 0 Å². The average molecular weight is 168 g/mol. The molecule has 1 aromatic rings. The molecule has 0 radical (unpaired) electrons. The molecule has 12 heavy (non-hydrogen) atoms. The molecule has 0 aliphatic carbocycles. The number of aromatic nitrogens is 2. The summed E-state index contributed by atoms with van der Waals surface area (Å²) in [6.45, 7) is 1.41. The van der Waals surface area contributed by atoms with E-state index < -0.39 is 0 Å². The number of nitrogens with zero attached hydrogens (tertiary/aromatic N) is 1. The molecule has 1 rings (SSSR count). The van der Waals surface area contributed by atoms with Gasteiger partial charge < -0.3 is 10.1 Å². The fourth-order valence-corrected chi connectivity index (χ4v) is 0.996. The van der Waals surface area contributed by atoms with Gasteiger partial charge in [0, 0.05) is 17.8 Å². The highest BCUT2D eigenvalue weighted by molar-refractivity contribution is 5.81. The number of Topliss-reactive ketones (excluding diaryl/α,β-unsaturated/α-hetero) is 1. The number of hydrogen-bond donors (Lipinski definition) is 2. The number of aliphatic hydroxyl groups is 1. The second-order valence-electron chi connectivity index (χ2n) is 2.81. The molecule has 4 heteroatoms. The Bertz CT molecular complexity index is 244. The molecule has 1 aromatic heterocycles. The fourth-order valence-electron chi connectivity index (χ4n) is 0.996. The van der Waals surface area contributed by atoms with Gasteiger partial charge in [-0.15, -0.1) is 0 Å². The van der Waals surface area contributed by atoms with E-state index in [9.17, 15) is 4.79 Å². The minimum Gasteiger partial charge on any atom is -0.389 e. The molecule has 0 aliphatic rings. The van der Waals surface area contributed by atoms with Crippen LogP contribution in [0.2, 0.25) is 0 Å². The van der Waals surface area contributed by atoms with Crippen molar-refractivity contribution >= 4 is 5.78 Å². The second kappa shape index (κ2) is 4.01. The summed E-state index contributed by atoms with van der Waals surface area (Å²) in [5.41, 5.74) is 0.921. The largest absolute Gasteiger partial charge is 0.389 e. The number of rotatable bonds is 4. The highest BCUT2D eigenvalue weighted by Crippen LogP contribution is 2.05. The van der Waals surface area contributed by atoms with Gasteiger partial charge in [0.05, 0.1) is 6.33 Å². The van der Waals surface area contributed by atoms with Crippen LogP contribution in [-0.4, -0.2) is 27.5 Å². The van der Waals surface area contributed by atoms with Crippen molar-refractivity contribution in [1.29, 1.82) is 0 Å². The van der Waals surface area contributed by atoms with Crippen molar-refractivity contribution in [2.24, 2.45) is 5.92 Å². The van der Waals surface area contributed by atoms with Gasteiger partial charge in [0.15, 0.2) is 5.78 Å². The average Bonchev–Trinajstić information content (AvgIpc) is 2.55. The Morgan fingerprint density at radius 2 is 2.58 bits per heavy atom. The maximum atomic E-state index is 11.0. The Hall–Kier alpha value is -1.16. The van der Waals surface area contributed by atoms with Gasteiger partial charge >= 0.3 is 0 Å². The van der Waals surface area contributed by atoms with E-state index in [0.717, 1.165) is 5.69 Å². The lowest BCUT2D eigenvalue weighted by atomic mass is 10.0. The van der Waals surface area contributed by atoms with E-state index in [4.69, 9.17) is 5.11 Å². The number of aromatic amines is 1. The normalized spacial score (nSPS) is 12.8. The fraction of sp³-hybridized carbons (Fsp3) is 0.500. The van der Waals surface area contributed by atoms with Crippen molar-refractivity contribution in [2.75, 3.05) is 6.61 Å². The predicted octanol–water partition coefficient (Wildman–Crippen LogP) is 0.150. The van der Waals surface area contributed by atoms with Gasteiger partial charge in [0.2, 0.25) is 0 Å². The summed E-state index contributed by atoms with van der Waals surface area (Å²) in [4.78, 5) is 17.7. The maximum absolute atomic E-state index is 11.0. The molecule has 0 bridgehead atoms. The van der Waals surface area contributed by atoms with E-state index in [1.54, 1.807) is 19.4 Å². The molecule has 0 spiro atoms. The van der Waals surface area contributed by atoms with Crippen LogP contribution >= 0.6 is 0 Å². The van der Waals surface area contributed by atoms with E-state index >= 15 is 0 Å². The highest BCUT2D eigenvalue weighted by Gasteiger charge is 2.12. The summed E-state index contributed by atoms with van der Waals surface area (Å²) >= 11 is 0. The molecular formula is C8H12N2O2. The molecule has 66 valence electrons. The summed E-state index contributed by atoms with van der Waals surface area (Å²) in [6.07, 6.45) is 3.87. The van der Waals surface area contributed by atoms with Crippen molar-refractivity contribution in [1.82, 2.24) is 9.97 Å². The van der Waals surface area contributed by atoms with Crippen LogP contribution < -0.4 is 0 Å². The van der Waals surface area contributed by atoms with Crippen LogP contribution in [0.1, 0.15) is 12.6 Å². The first kappa shape index (κ1) is 8.93. The zero-order valence-electron chi connectivity index (χ0n) is 6.95. The van der Waals surface area contributed by atoms with Crippen molar-refractivity contribution in [3.63, 3.8) is 0 Å². The van der Waals surface area contributed by atoms with Crippen LogP contribution in [0.15, 0.2) is 12.5 Å². The Morgan fingerprint density at radius 3 is 3.08 bits per heavy atom. The third-order valence-corrected chi connectivity index (χ3v) is 1.79. The number of nitrogens with one attached hydrogen (secondary N) is 1. The maximum Gasteiger partial charge on any atom is 0.161 e.